The molecule has 0 fully saturated rings. The van der Waals surface area contributed by atoms with Gasteiger partial charge < -0.3 is 0 Å². The lowest BCUT2D eigenvalue weighted by Gasteiger charge is -2.16. The molecule has 0 amide bonds. The number of carbonyl (C=O) groups excluding carboxylic acids is 1. The maximum Gasteiger partial charge on any atom is 0.142 e. The van der Waals surface area contributed by atoms with Crippen LogP contribution in [0.4, 0.5) is 0 Å². The third kappa shape index (κ3) is 3.22. The number of Topliss-reactive ketones (excluding diaryl/α,β-unsaturated/α-hetero) is 1. The van der Waals surface area contributed by atoms with Crippen molar-refractivity contribution in [3.63, 3.8) is 0 Å². The number of ketones is 1. The molecule has 0 N–H and O–H groups in total. The van der Waals surface area contributed by atoms with Crippen LogP contribution in [-0.4, -0.2) is 10.8 Å². The van der Waals surface area contributed by atoms with Crippen molar-refractivity contribution < 1.29 is 4.79 Å². The van der Waals surface area contributed by atoms with E-state index < -0.39 is 0 Å². The molecular formula is C11H14BrNO. The van der Waals surface area contributed by atoms with E-state index in [-0.39, 0.29) is 11.2 Å². The summed E-state index contributed by atoms with van der Waals surface area (Å²) in [4.78, 5) is 15.7. The van der Waals surface area contributed by atoms with Crippen molar-refractivity contribution in [1.29, 1.82) is 0 Å². The number of pyridine rings is 1. The van der Waals surface area contributed by atoms with Gasteiger partial charge in [-0.1, -0.05) is 20.8 Å². The van der Waals surface area contributed by atoms with Crippen LogP contribution in [0.1, 0.15) is 26.3 Å². The van der Waals surface area contributed by atoms with Crippen molar-refractivity contribution in [3.8, 4) is 0 Å². The van der Waals surface area contributed by atoms with E-state index in [1.807, 2.05) is 26.8 Å². The van der Waals surface area contributed by atoms with Gasteiger partial charge in [0.2, 0.25) is 0 Å². The Morgan fingerprint density at radius 2 is 2.07 bits per heavy atom. The van der Waals surface area contributed by atoms with Crippen molar-refractivity contribution in [3.05, 3.63) is 28.5 Å². The van der Waals surface area contributed by atoms with Crippen molar-refractivity contribution >= 4 is 21.7 Å². The Balaban J connectivity index is 2.75. The fourth-order valence-electron chi connectivity index (χ4n) is 1.00. The number of nitrogens with zero attached hydrogens (tertiary/aromatic N) is 1. The van der Waals surface area contributed by atoms with Crippen LogP contribution < -0.4 is 0 Å². The molecule has 0 aliphatic carbocycles. The number of rotatable bonds is 2. The summed E-state index contributed by atoms with van der Waals surface area (Å²) in [6.07, 6.45) is 3.90. The zero-order valence-corrected chi connectivity index (χ0v) is 10.3. The third-order valence-electron chi connectivity index (χ3n) is 1.96. The van der Waals surface area contributed by atoms with Gasteiger partial charge in [-0.25, -0.2) is 0 Å². The smallest absolute Gasteiger partial charge is 0.142 e. The first-order valence-corrected chi connectivity index (χ1v) is 5.31. The van der Waals surface area contributed by atoms with E-state index in [1.165, 1.54) is 0 Å². The highest BCUT2D eigenvalue weighted by Crippen LogP contribution is 2.18. The first kappa shape index (κ1) is 11.4. The van der Waals surface area contributed by atoms with Crippen LogP contribution in [-0.2, 0) is 11.2 Å². The first-order chi connectivity index (χ1) is 6.39. The van der Waals surface area contributed by atoms with Crippen molar-refractivity contribution in [2.75, 3.05) is 0 Å². The number of carbonyl (C=O) groups is 1. The summed E-state index contributed by atoms with van der Waals surface area (Å²) in [6.45, 7) is 5.79. The Bertz CT molecular complexity index is 341. The van der Waals surface area contributed by atoms with Crippen LogP contribution in [0.25, 0.3) is 0 Å². The molecule has 1 rings (SSSR count). The Hall–Kier alpha value is -0.700. The molecule has 0 saturated carbocycles. The first-order valence-electron chi connectivity index (χ1n) is 4.52. The zero-order chi connectivity index (χ0) is 10.8. The topological polar surface area (TPSA) is 30.0 Å². The number of hydrogen-bond acceptors (Lipinski definition) is 2. The predicted molar refractivity (Wildman–Crippen MR) is 60.1 cm³/mol. The lowest BCUT2D eigenvalue weighted by atomic mass is 9.87. The van der Waals surface area contributed by atoms with Gasteiger partial charge in [0.25, 0.3) is 0 Å². The van der Waals surface area contributed by atoms with Gasteiger partial charge in [0, 0.05) is 28.7 Å². The molecule has 0 aliphatic rings. The monoisotopic (exact) mass is 255 g/mol. The number of hydrogen-bond donors (Lipinski definition) is 0. The highest BCUT2D eigenvalue weighted by Gasteiger charge is 2.21. The summed E-state index contributed by atoms with van der Waals surface area (Å²) in [7, 11) is 0. The van der Waals surface area contributed by atoms with E-state index >= 15 is 0 Å². The van der Waals surface area contributed by atoms with Crippen LogP contribution >= 0.6 is 15.9 Å². The molecule has 2 nitrogen and oxygen atoms in total. The van der Waals surface area contributed by atoms with Gasteiger partial charge in [0.05, 0.1) is 0 Å². The minimum atomic E-state index is -0.275. The molecule has 0 aromatic carbocycles. The van der Waals surface area contributed by atoms with Crippen molar-refractivity contribution in [2.24, 2.45) is 5.41 Å². The van der Waals surface area contributed by atoms with Crippen molar-refractivity contribution in [1.82, 2.24) is 4.98 Å². The van der Waals surface area contributed by atoms with Crippen LogP contribution in [0.3, 0.4) is 0 Å². The molecule has 1 aromatic heterocycles. The second-order valence-electron chi connectivity index (χ2n) is 4.36. The minimum Gasteiger partial charge on any atom is -0.299 e. The predicted octanol–water partition coefficient (Wildman–Crippen LogP) is 3.00. The average Bonchev–Trinajstić information content (AvgIpc) is 2.02. The van der Waals surface area contributed by atoms with E-state index in [0.717, 1.165) is 10.0 Å². The molecule has 0 radical (unpaired) electrons. The lowest BCUT2D eigenvalue weighted by Crippen LogP contribution is -2.22. The maximum atomic E-state index is 11.7. The highest BCUT2D eigenvalue weighted by molar-refractivity contribution is 9.10. The van der Waals surface area contributed by atoms with E-state index in [0.29, 0.717) is 6.42 Å². The van der Waals surface area contributed by atoms with Gasteiger partial charge in [0.1, 0.15) is 5.78 Å². The third-order valence-corrected chi connectivity index (χ3v) is 2.40. The lowest BCUT2D eigenvalue weighted by molar-refractivity contribution is -0.125. The van der Waals surface area contributed by atoms with E-state index in [2.05, 4.69) is 20.9 Å². The van der Waals surface area contributed by atoms with Crippen LogP contribution in [0.5, 0.6) is 0 Å². The number of halogens is 1. The van der Waals surface area contributed by atoms with Gasteiger partial charge in [-0.05, 0) is 27.6 Å². The minimum absolute atomic E-state index is 0.234. The molecule has 0 unspecified atom stereocenters. The fraction of sp³-hybridized carbons (Fsp3) is 0.455. The van der Waals surface area contributed by atoms with E-state index in [4.69, 9.17) is 0 Å². The second kappa shape index (κ2) is 4.22. The maximum absolute atomic E-state index is 11.7. The Morgan fingerprint density at radius 3 is 2.57 bits per heavy atom. The average molecular weight is 256 g/mol. The summed E-state index contributed by atoms with van der Waals surface area (Å²) in [5.41, 5.74) is 0.682. The number of aromatic nitrogens is 1. The summed E-state index contributed by atoms with van der Waals surface area (Å²) < 4.78 is 0.914. The molecule has 1 aromatic rings. The Kier molecular flexibility index (Phi) is 3.43. The molecule has 1 heterocycles. The van der Waals surface area contributed by atoms with E-state index in [9.17, 15) is 4.79 Å². The normalized spacial score (nSPS) is 11.4. The molecule has 76 valence electrons. The zero-order valence-electron chi connectivity index (χ0n) is 8.67. The second-order valence-corrected chi connectivity index (χ2v) is 5.28. The molecule has 0 spiro atoms. The van der Waals surface area contributed by atoms with Crippen LogP contribution in [0, 0.1) is 5.41 Å². The highest BCUT2D eigenvalue weighted by atomic mass is 79.9. The fourth-order valence-corrected chi connectivity index (χ4v) is 1.42. The molecule has 0 atom stereocenters. The van der Waals surface area contributed by atoms with Gasteiger partial charge >= 0.3 is 0 Å². The van der Waals surface area contributed by atoms with Crippen LogP contribution in [0.15, 0.2) is 22.9 Å². The molecule has 0 bridgehead atoms. The summed E-state index contributed by atoms with van der Waals surface area (Å²) >= 11 is 3.33. The SMILES string of the molecule is CC(C)(C)C(=O)Cc1cncc(Br)c1. The van der Waals surface area contributed by atoms with Crippen molar-refractivity contribution in [2.45, 2.75) is 27.2 Å². The summed E-state index contributed by atoms with van der Waals surface area (Å²) in [5, 5.41) is 0. The summed E-state index contributed by atoms with van der Waals surface area (Å²) in [5.74, 6) is 0.234. The standard InChI is InChI=1S/C11H14BrNO/c1-11(2,3)10(14)5-8-4-9(12)7-13-6-8/h4,6-7H,5H2,1-3H3. The Labute approximate surface area is 92.9 Å². The quantitative estimate of drug-likeness (QED) is 0.814. The van der Waals surface area contributed by atoms with Gasteiger partial charge in [-0.2, -0.15) is 0 Å². The van der Waals surface area contributed by atoms with E-state index in [1.54, 1.807) is 12.4 Å². The largest absolute Gasteiger partial charge is 0.299 e. The summed E-state index contributed by atoms with van der Waals surface area (Å²) in [6, 6.07) is 1.93. The van der Waals surface area contributed by atoms with Gasteiger partial charge in [-0.3, -0.25) is 9.78 Å². The molecular weight excluding hydrogens is 242 g/mol. The van der Waals surface area contributed by atoms with Gasteiger partial charge in [-0.15, -0.1) is 0 Å². The molecule has 0 aliphatic heterocycles. The van der Waals surface area contributed by atoms with Crippen LogP contribution in [0.2, 0.25) is 0 Å². The molecule has 0 saturated heterocycles. The molecule has 3 heteroatoms. The Morgan fingerprint density at radius 1 is 1.43 bits per heavy atom. The van der Waals surface area contributed by atoms with Gasteiger partial charge in [0.15, 0.2) is 0 Å². The molecule has 14 heavy (non-hydrogen) atoms.